The summed E-state index contributed by atoms with van der Waals surface area (Å²) in [5.41, 5.74) is 1.04. The smallest absolute Gasteiger partial charge is 0.150 e. The molecular weight excluding hydrogens is 250 g/mol. The van der Waals surface area contributed by atoms with E-state index in [0.29, 0.717) is 12.1 Å². The van der Waals surface area contributed by atoms with Gasteiger partial charge in [-0.2, -0.15) is 0 Å². The lowest BCUT2D eigenvalue weighted by Crippen LogP contribution is -2.40. The molecular formula is C17H19NO2. The minimum Gasteiger partial charge on any atom is -0.455 e. The lowest BCUT2D eigenvalue weighted by Gasteiger charge is -2.35. The Morgan fingerprint density at radius 1 is 0.950 bits per heavy atom. The van der Waals surface area contributed by atoms with E-state index in [-0.39, 0.29) is 0 Å². The van der Waals surface area contributed by atoms with Crippen LogP contribution in [0.4, 0.5) is 5.69 Å². The summed E-state index contributed by atoms with van der Waals surface area (Å²) < 4.78 is 11.2. The van der Waals surface area contributed by atoms with Crippen molar-refractivity contribution in [3.05, 3.63) is 54.6 Å². The number of methoxy groups -OCH3 is 1. The number of rotatable bonds is 5. The predicted octanol–water partition coefficient (Wildman–Crippen LogP) is 4.07. The van der Waals surface area contributed by atoms with Gasteiger partial charge < -0.3 is 14.8 Å². The molecule has 1 saturated carbocycles. The van der Waals surface area contributed by atoms with E-state index in [4.69, 9.17) is 9.47 Å². The van der Waals surface area contributed by atoms with Gasteiger partial charge in [0.25, 0.3) is 0 Å². The molecule has 0 amide bonds. The Labute approximate surface area is 119 Å². The van der Waals surface area contributed by atoms with Crippen molar-refractivity contribution in [3.63, 3.8) is 0 Å². The minimum absolute atomic E-state index is 0.398. The predicted molar refractivity (Wildman–Crippen MR) is 80.4 cm³/mol. The highest BCUT2D eigenvalue weighted by atomic mass is 16.5. The Balaban J connectivity index is 1.69. The van der Waals surface area contributed by atoms with Gasteiger partial charge in [-0.15, -0.1) is 0 Å². The fraction of sp³-hybridized carbons (Fsp3) is 0.294. The first-order valence-corrected chi connectivity index (χ1v) is 6.96. The summed E-state index contributed by atoms with van der Waals surface area (Å²) in [5.74, 6) is 1.71. The Hall–Kier alpha value is -2.00. The van der Waals surface area contributed by atoms with Crippen molar-refractivity contribution in [3.8, 4) is 11.5 Å². The second-order valence-electron chi connectivity index (χ2n) is 5.08. The first-order chi connectivity index (χ1) is 9.85. The van der Waals surface area contributed by atoms with E-state index in [2.05, 4.69) is 11.4 Å². The van der Waals surface area contributed by atoms with Crippen LogP contribution >= 0.6 is 0 Å². The summed E-state index contributed by atoms with van der Waals surface area (Å²) in [6, 6.07) is 18.4. The van der Waals surface area contributed by atoms with Gasteiger partial charge in [0.1, 0.15) is 5.75 Å². The third-order valence-electron chi connectivity index (χ3n) is 3.65. The Morgan fingerprint density at radius 3 is 2.40 bits per heavy atom. The van der Waals surface area contributed by atoms with Crippen molar-refractivity contribution in [1.29, 1.82) is 0 Å². The summed E-state index contributed by atoms with van der Waals surface area (Å²) in [6.07, 6.45) is 2.50. The molecule has 0 atom stereocenters. The van der Waals surface area contributed by atoms with E-state index >= 15 is 0 Å². The van der Waals surface area contributed by atoms with Gasteiger partial charge in [0, 0.05) is 13.2 Å². The topological polar surface area (TPSA) is 30.5 Å². The molecule has 1 aliphatic rings. The van der Waals surface area contributed by atoms with Gasteiger partial charge in [-0.25, -0.2) is 0 Å². The molecule has 0 bridgehead atoms. The van der Waals surface area contributed by atoms with Crippen molar-refractivity contribution in [1.82, 2.24) is 0 Å². The monoisotopic (exact) mass is 269 g/mol. The number of nitrogens with one attached hydrogen (secondary N) is 1. The van der Waals surface area contributed by atoms with Crippen LogP contribution in [0.15, 0.2) is 54.6 Å². The van der Waals surface area contributed by atoms with Crippen LogP contribution in [0, 0.1) is 0 Å². The molecule has 0 saturated heterocycles. The molecule has 1 aliphatic carbocycles. The van der Waals surface area contributed by atoms with E-state index in [9.17, 15) is 0 Å². The van der Waals surface area contributed by atoms with Crippen LogP contribution in [0.5, 0.6) is 11.5 Å². The summed E-state index contributed by atoms with van der Waals surface area (Å²) >= 11 is 0. The SMILES string of the molecule is COC1CC(Nc2ccccc2Oc2ccccc2)C1. The Kier molecular flexibility index (Phi) is 3.88. The molecule has 0 spiro atoms. The highest BCUT2D eigenvalue weighted by Gasteiger charge is 2.29. The van der Waals surface area contributed by atoms with E-state index in [1.54, 1.807) is 7.11 Å². The zero-order chi connectivity index (χ0) is 13.8. The number of anilines is 1. The fourth-order valence-electron chi connectivity index (χ4n) is 2.39. The zero-order valence-corrected chi connectivity index (χ0v) is 11.6. The first kappa shape index (κ1) is 13.0. The van der Waals surface area contributed by atoms with E-state index in [1.807, 2.05) is 48.5 Å². The highest BCUT2D eigenvalue weighted by molar-refractivity contribution is 5.58. The van der Waals surface area contributed by atoms with Crippen LogP contribution in [-0.2, 0) is 4.74 Å². The van der Waals surface area contributed by atoms with Crippen molar-refractivity contribution in [2.75, 3.05) is 12.4 Å². The molecule has 3 nitrogen and oxygen atoms in total. The van der Waals surface area contributed by atoms with Crippen LogP contribution in [0.3, 0.4) is 0 Å². The van der Waals surface area contributed by atoms with Crippen LogP contribution in [0.1, 0.15) is 12.8 Å². The molecule has 2 aromatic carbocycles. The average molecular weight is 269 g/mol. The summed E-state index contributed by atoms with van der Waals surface area (Å²) in [4.78, 5) is 0. The van der Waals surface area contributed by atoms with E-state index in [0.717, 1.165) is 30.0 Å². The van der Waals surface area contributed by atoms with Crippen LogP contribution in [0.2, 0.25) is 0 Å². The minimum atomic E-state index is 0.398. The molecule has 1 N–H and O–H groups in total. The van der Waals surface area contributed by atoms with Crippen molar-refractivity contribution in [2.24, 2.45) is 0 Å². The summed E-state index contributed by atoms with van der Waals surface area (Å²) in [7, 11) is 1.77. The summed E-state index contributed by atoms with van der Waals surface area (Å²) in [5, 5.41) is 3.53. The lowest BCUT2D eigenvalue weighted by atomic mass is 9.89. The number of hydrogen-bond acceptors (Lipinski definition) is 3. The Morgan fingerprint density at radius 2 is 1.65 bits per heavy atom. The highest BCUT2D eigenvalue weighted by Crippen LogP contribution is 2.33. The molecule has 0 aromatic heterocycles. The molecule has 0 unspecified atom stereocenters. The van der Waals surface area contributed by atoms with Gasteiger partial charge in [-0.1, -0.05) is 30.3 Å². The third kappa shape index (κ3) is 2.94. The van der Waals surface area contributed by atoms with Gasteiger partial charge in [0.05, 0.1) is 11.8 Å². The van der Waals surface area contributed by atoms with Gasteiger partial charge >= 0.3 is 0 Å². The molecule has 3 heteroatoms. The second-order valence-corrected chi connectivity index (χ2v) is 5.08. The van der Waals surface area contributed by atoms with Crippen molar-refractivity contribution in [2.45, 2.75) is 25.0 Å². The van der Waals surface area contributed by atoms with Crippen LogP contribution in [0.25, 0.3) is 0 Å². The molecule has 0 heterocycles. The van der Waals surface area contributed by atoms with Gasteiger partial charge in [0.2, 0.25) is 0 Å². The second kappa shape index (κ2) is 5.97. The van der Waals surface area contributed by atoms with Gasteiger partial charge in [-0.3, -0.25) is 0 Å². The molecule has 3 rings (SSSR count). The normalized spacial score (nSPS) is 21.1. The maximum absolute atomic E-state index is 5.94. The molecule has 2 aromatic rings. The number of benzene rings is 2. The van der Waals surface area contributed by atoms with E-state index < -0.39 is 0 Å². The maximum Gasteiger partial charge on any atom is 0.150 e. The van der Waals surface area contributed by atoms with Crippen molar-refractivity contribution >= 4 is 5.69 Å². The lowest BCUT2D eigenvalue weighted by molar-refractivity contribution is 0.0328. The average Bonchev–Trinajstić information content (AvgIpc) is 2.45. The standard InChI is InChI=1S/C17H19NO2/c1-19-15-11-13(12-15)18-16-9-5-6-10-17(16)20-14-7-3-2-4-8-14/h2-10,13,15,18H,11-12H2,1H3. The number of hydrogen-bond donors (Lipinski definition) is 1. The van der Waals surface area contributed by atoms with Gasteiger partial charge in [-0.05, 0) is 37.1 Å². The molecule has 0 radical (unpaired) electrons. The first-order valence-electron chi connectivity index (χ1n) is 6.96. The summed E-state index contributed by atoms with van der Waals surface area (Å²) in [6.45, 7) is 0. The molecule has 1 fully saturated rings. The number of ether oxygens (including phenoxy) is 2. The van der Waals surface area contributed by atoms with E-state index in [1.165, 1.54) is 0 Å². The zero-order valence-electron chi connectivity index (χ0n) is 11.6. The maximum atomic E-state index is 5.94. The largest absolute Gasteiger partial charge is 0.455 e. The van der Waals surface area contributed by atoms with Crippen LogP contribution < -0.4 is 10.1 Å². The Bertz CT molecular complexity index is 550. The quantitative estimate of drug-likeness (QED) is 0.887. The van der Waals surface area contributed by atoms with Gasteiger partial charge in [0.15, 0.2) is 5.75 Å². The van der Waals surface area contributed by atoms with Crippen molar-refractivity contribution < 1.29 is 9.47 Å². The molecule has 104 valence electrons. The molecule has 0 aliphatic heterocycles. The number of para-hydroxylation sites is 3. The fourth-order valence-corrected chi connectivity index (χ4v) is 2.39. The third-order valence-corrected chi connectivity index (χ3v) is 3.65. The molecule has 20 heavy (non-hydrogen) atoms. The van der Waals surface area contributed by atoms with Crippen LogP contribution in [-0.4, -0.2) is 19.3 Å².